The van der Waals surface area contributed by atoms with Gasteiger partial charge in [-0.25, -0.2) is 14.8 Å². The zero-order valence-electron chi connectivity index (χ0n) is 18.7. The van der Waals surface area contributed by atoms with Crippen LogP contribution in [0.5, 0.6) is 5.75 Å². The van der Waals surface area contributed by atoms with Crippen LogP contribution in [0, 0.1) is 18.3 Å². The Bertz CT molecular complexity index is 1300. The number of nitrogens with zero attached hydrogens (tertiary/aromatic N) is 4. The summed E-state index contributed by atoms with van der Waals surface area (Å²) < 4.78 is 10.4. The van der Waals surface area contributed by atoms with Gasteiger partial charge in [-0.1, -0.05) is 6.07 Å². The maximum absolute atomic E-state index is 11.8. The topological polar surface area (TPSA) is 88.3 Å². The summed E-state index contributed by atoms with van der Waals surface area (Å²) in [4.78, 5) is 23.5. The Hall–Kier alpha value is -3.76. The Morgan fingerprint density at radius 2 is 2.15 bits per heavy atom. The van der Waals surface area contributed by atoms with Crippen LogP contribution in [-0.2, 0) is 30.7 Å². The second-order valence-corrected chi connectivity index (χ2v) is 8.42. The third-order valence-corrected chi connectivity index (χ3v) is 6.57. The summed E-state index contributed by atoms with van der Waals surface area (Å²) in [6, 6.07) is 11.5. The Kier molecular flexibility index (Phi) is 5.53. The molecule has 0 saturated heterocycles. The number of fused-ring (bicyclic) bond motifs is 2. The van der Waals surface area contributed by atoms with E-state index in [4.69, 9.17) is 14.5 Å². The highest BCUT2D eigenvalue weighted by Gasteiger charge is 2.24. The average Bonchev–Trinajstić information content (AvgIpc) is 3.24. The lowest BCUT2D eigenvalue weighted by Crippen LogP contribution is -2.33. The van der Waals surface area contributed by atoms with Gasteiger partial charge in [0.25, 0.3) is 0 Å². The van der Waals surface area contributed by atoms with Gasteiger partial charge in [0, 0.05) is 48.9 Å². The summed E-state index contributed by atoms with van der Waals surface area (Å²) in [5, 5.41) is 9.35. The number of cyclic esters (lactones) is 1. The standard InChI is InChI=1S/C26H24N4O3/c1-16-17(3-5-21-22(16)15-33-26(21)31)7-9-30-10-8-23-20(14-30)13-28-25(29-23)18-4-6-24(32-2)19(11-18)12-27/h3-6,11,13H,7-10,14-15H2,1-2H3. The normalized spacial score (nSPS) is 14.9. The Labute approximate surface area is 192 Å². The maximum Gasteiger partial charge on any atom is 0.338 e. The summed E-state index contributed by atoms with van der Waals surface area (Å²) in [5.74, 6) is 0.963. The fraction of sp³-hybridized carbons (Fsp3) is 0.308. The zero-order valence-corrected chi connectivity index (χ0v) is 18.7. The van der Waals surface area contributed by atoms with Crippen LogP contribution in [0.4, 0.5) is 0 Å². The van der Waals surface area contributed by atoms with Crippen molar-refractivity contribution < 1.29 is 14.3 Å². The molecule has 0 fully saturated rings. The molecule has 0 N–H and O–H groups in total. The molecule has 0 aliphatic carbocycles. The summed E-state index contributed by atoms with van der Waals surface area (Å²) in [5.41, 5.74) is 7.65. The van der Waals surface area contributed by atoms with Gasteiger partial charge in [-0.05, 0) is 48.7 Å². The lowest BCUT2D eigenvalue weighted by atomic mass is 9.96. The van der Waals surface area contributed by atoms with Crippen molar-refractivity contribution in [1.82, 2.24) is 14.9 Å². The number of benzene rings is 2. The molecule has 3 heterocycles. The first kappa shape index (κ1) is 21.1. The van der Waals surface area contributed by atoms with E-state index in [2.05, 4.69) is 28.9 Å². The molecule has 0 amide bonds. The van der Waals surface area contributed by atoms with E-state index in [0.717, 1.165) is 54.9 Å². The molecule has 2 aliphatic rings. The number of ether oxygens (including phenoxy) is 2. The number of carbonyl (C=O) groups excluding carboxylic acids is 1. The van der Waals surface area contributed by atoms with Crippen LogP contribution in [0.3, 0.4) is 0 Å². The van der Waals surface area contributed by atoms with E-state index >= 15 is 0 Å². The molecule has 2 aromatic carbocycles. The molecule has 2 aliphatic heterocycles. The molecule has 7 nitrogen and oxygen atoms in total. The average molecular weight is 441 g/mol. The molecule has 0 saturated carbocycles. The number of hydrogen-bond acceptors (Lipinski definition) is 7. The molecule has 33 heavy (non-hydrogen) atoms. The molecule has 0 bridgehead atoms. The van der Waals surface area contributed by atoms with E-state index in [1.165, 1.54) is 11.1 Å². The number of rotatable bonds is 5. The van der Waals surface area contributed by atoms with Crippen LogP contribution in [0.1, 0.15) is 43.9 Å². The Morgan fingerprint density at radius 1 is 1.27 bits per heavy atom. The fourth-order valence-electron chi connectivity index (χ4n) is 4.59. The number of aromatic nitrogens is 2. The monoisotopic (exact) mass is 440 g/mol. The van der Waals surface area contributed by atoms with E-state index in [9.17, 15) is 10.1 Å². The predicted octanol–water partition coefficient (Wildman–Crippen LogP) is 3.60. The first-order chi connectivity index (χ1) is 16.1. The minimum absolute atomic E-state index is 0.217. The molecule has 166 valence electrons. The third kappa shape index (κ3) is 3.94. The van der Waals surface area contributed by atoms with E-state index in [0.29, 0.717) is 29.3 Å². The van der Waals surface area contributed by atoms with Crippen LogP contribution in [0.15, 0.2) is 36.5 Å². The van der Waals surface area contributed by atoms with Crippen molar-refractivity contribution in [3.63, 3.8) is 0 Å². The minimum Gasteiger partial charge on any atom is -0.495 e. The van der Waals surface area contributed by atoms with Crippen molar-refractivity contribution in [2.75, 3.05) is 20.2 Å². The second-order valence-electron chi connectivity index (χ2n) is 8.42. The van der Waals surface area contributed by atoms with Gasteiger partial charge in [-0.2, -0.15) is 5.26 Å². The van der Waals surface area contributed by atoms with Gasteiger partial charge in [0.2, 0.25) is 0 Å². The van der Waals surface area contributed by atoms with Crippen molar-refractivity contribution in [2.24, 2.45) is 0 Å². The van der Waals surface area contributed by atoms with Gasteiger partial charge in [0.1, 0.15) is 18.4 Å². The van der Waals surface area contributed by atoms with Gasteiger partial charge >= 0.3 is 5.97 Å². The summed E-state index contributed by atoms with van der Waals surface area (Å²) in [7, 11) is 1.55. The van der Waals surface area contributed by atoms with Crippen molar-refractivity contribution in [1.29, 1.82) is 5.26 Å². The molecule has 0 atom stereocenters. The molecule has 7 heteroatoms. The van der Waals surface area contributed by atoms with E-state index in [1.807, 2.05) is 18.3 Å². The quantitative estimate of drug-likeness (QED) is 0.560. The van der Waals surface area contributed by atoms with Gasteiger partial charge in [-0.3, -0.25) is 4.90 Å². The van der Waals surface area contributed by atoms with E-state index in [-0.39, 0.29) is 5.97 Å². The molecule has 5 rings (SSSR count). The molecular formula is C26H24N4O3. The molecular weight excluding hydrogens is 416 g/mol. The van der Waals surface area contributed by atoms with Crippen LogP contribution in [0.2, 0.25) is 0 Å². The molecule has 0 spiro atoms. The lowest BCUT2D eigenvalue weighted by molar-refractivity contribution is 0.0535. The number of carbonyl (C=O) groups is 1. The SMILES string of the molecule is COc1ccc(-c2ncc3c(n2)CCN(CCc2ccc4c(c2C)COC4=O)C3)cc1C#N. The molecule has 1 aromatic heterocycles. The van der Waals surface area contributed by atoms with Crippen LogP contribution in [0.25, 0.3) is 11.4 Å². The smallest absolute Gasteiger partial charge is 0.338 e. The highest BCUT2D eigenvalue weighted by atomic mass is 16.5. The Morgan fingerprint density at radius 3 is 2.97 bits per heavy atom. The number of methoxy groups -OCH3 is 1. The van der Waals surface area contributed by atoms with E-state index in [1.54, 1.807) is 19.2 Å². The van der Waals surface area contributed by atoms with Gasteiger partial charge in [-0.15, -0.1) is 0 Å². The fourth-order valence-corrected chi connectivity index (χ4v) is 4.59. The van der Waals surface area contributed by atoms with Gasteiger partial charge in [0.15, 0.2) is 5.82 Å². The Balaban J connectivity index is 1.28. The molecule has 3 aromatic rings. The van der Waals surface area contributed by atoms with Crippen LogP contribution in [-0.4, -0.2) is 41.0 Å². The number of esters is 1. The summed E-state index contributed by atoms with van der Waals surface area (Å²) >= 11 is 0. The maximum atomic E-state index is 11.8. The first-order valence-electron chi connectivity index (χ1n) is 11.0. The summed E-state index contributed by atoms with van der Waals surface area (Å²) in [6.07, 6.45) is 3.69. The highest BCUT2D eigenvalue weighted by Crippen LogP contribution is 2.28. The predicted molar refractivity (Wildman–Crippen MR) is 122 cm³/mol. The first-order valence-corrected chi connectivity index (χ1v) is 11.0. The second kappa shape index (κ2) is 8.64. The van der Waals surface area contributed by atoms with Crippen molar-refractivity contribution in [2.45, 2.75) is 32.9 Å². The number of hydrogen-bond donors (Lipinski definition) is 0. The van der Waals surface area contributed by atoms with Crippen molar-refractivity contribution >= 4 is 5.97 Å². The molecule has 0 unspecified atom stereocenters. The lowest BCUT2D eigenvalue weighted by Gasteiger charge is -2.28. The largest absolute Gasteiger partial charge is 0.495 e. The number of nitriles is 1. The zero-order chi connectivity index (χ0) is 22.9. The molecule has 0 radical (unpaired) electrons. The van der Waals surface area contributed by atoms with Crippen molar-refractivity contribution in [3.05, 3.63) is 75.6 Å². The van der Waals surface area contributed by atoms with Crippen molar-refractivity contribution in [3.8, 4) is 23.2 Å². The third-order valence-electron chi connectivity index (χ3n) is 6.57. The van der Waals surface area contributed by atoms with E-state index < -0.39 is 0 Å². The minimum atomic E-state index is -0.217. The van der Waals surface area contributed by atoms with Gasteiger partial charge in [0.05, 0.1) is 23.9 Å². The van der Waals surface area contributed by atoms with Crippen LogP contribution >= 0.6 is 0 Å². The van der Waals surface area contributed by atoms with Gasteiger partial charge < -0.3 is 9.47 Å². The van der Waals surface area contributed by atoms with Crippen LogP contribution < -0.4 is 4.74 Å². The summed E-state index contributed by atoms with van der Waals surface area (Å²) in [6.45, 7) is 5.14. The highest BCUT2D eigenvalue weighted by molar-refractivity contribution is 5.93.